The van der Waals surface area contributed by atoms with E-state index in [0.29, 0.717) is 0 Å². The van der Waals surface area contributed by atoms with Crippen LogP contribution in [0.3, 0.4) is 0 Å². The molecule has 0 bridgehead atoms. The third kappa shape index (κ3) is 2.56. The number of benzene rings is 1. The van der Waals surface area contributed by atoms with Crippen molar-refractivity contribution in [1.82, 2.24) is 10.6 Å². The first-order valence-corrected chi connectivity index (χ1v) is 7.78. The molecule has 4 heteroatoms. The molecule has 0 aromatic heterocycles. The molecule has 1 atom stereocenters. The van der Waals surface area contributed by atoms with Crippen molar-refractivity contribution in [1.29, 1.82) is 0 Å². The fourth-order valence-corrected chi connectivity index (χ4v) is 3.42. The molecule has 0 radical (unpaired) electrons. The lowest BCUT2D eigenvalue weighted by Crippen LogP contribution is -2.52. The van der Waals surface area contributed by atoms with Gasteiger partial charge in [0.25, 0.3) is 0 Å². The highest BCUT2D eigenvalue weighted by Crippen LogP contribution is 2.42. The number of hydrogen-bond donors (Lipinski definition) is 2. The Kier molecular flexibility index (Phi) is 3.63. The second-order valence-electron chi connectivity index (χ2n) is 5.62. The van der Waals surface area contributed by atoms with Crippen LogP contribution >= 0.6 is 15.9 Å². The van der Waals surface area contributed by atoms with Crippen LogP contribution in [0.4, 0.5) is 0 Å². The van der Waals surface area contributed by atoms with Gasteiger partial charge in [0.2, 0.25) is 5.91 Å². The van der Waals surface area contributed by atoms with Crippen molar-refractivity contribution in [3.8, 4) is 0 Å². The molecule has 1 unspecified atom stereocenters. The third-order valence-electron chi connectivity index (χ3n) is 4.38. The Morgan fingerprint density at radius 1 is 1.42 bits per heavy atom. The summed E-state index contributed by atoms with van der Waals surface area (Å²) >= 11 is 3.52. The van der Waals surface area contributed by atoms with Crippen LogP contribution in [-0.2, 0) is 10.3 Å². The molecule has 1 aromatic carbocycles. The van der Waals surface area contributed by atoms with E-state index in [1.54, 1.807) is 0 Å². The van der Waals surface area contributed by atoms with Crippen LogP contribution in [0.5, 0.6) is 0 Å². The monoisotopic (exact) mass is 322 g/mol. The minimum atomic E-state index is -0.122. The summed E-state index contributed by atoms with van der Waals surface area (Å²) < 4.78 is 1.08. The van der Waals surface area contributed by atoms with E-state index in [4.69, 9.17) is 0 Å². The molecule has 1 heterocycles. The molecule has 102 valence electrons. The summed E-state index contributed by atoms with van der Waals surface area (Å²) in [4.78, 5) is 12.3. The predicted octanol–water partition coefficient (Wildman–Crippen LogP) is 2.55. The summed E-state index contributed by atoms with van der Waals surface area (Å²) in [6.07, 6.45) is 4.25. The SMILES string of the molecule is O=C(NC1(c2cccc(Br)c2)CCC1)C1CCNC1. The summed E-state index contributed by atoms with van der Waals surface area (Å²) in [5.74, 6) is 0.356. The number of rotatable bonds is 3. The zero-order valence-corrected chi connectivity index (χ0v) is 12.5. The van der Waals surface area contributed by atoms with Gasteiger partial charge in [0.15, 0.2) is 0 Å². The molecule has 3 nitrogen and oxygen atoms in total. The molecule has 1 aromatic rings. The maximum absolute atomic E-state index is 12.3. The van der Waals surface area contributed by atoms with E-state index in [0.717, 1.165) is 36.8 Å². The second kappa shape index (κ2) is 5.25. The number of nitrogens with one attached hydrogen (secondary N) is 2. The van der Waals surface area contributed by atoms with Crippen molar-refractivity contribution in [2.75, 3.05) is 13.1 Å². The van der Waals surface area contributed by atoms with Gasteiger partial charge in [0.05, 0.1) is 11.5 Å². The van der Waals surface area contributed by atoms with Crippen molar-refractivity contribution in [3.63, 3.8) is 0 Å². The van der Waals surface area contributed by atoms with Crippen LogP contribution < -0.4 is 10.6 Å². The smallest absolute Gasteiger partial charge is 0.225 e. The maximum Gasteiger partial charge on any atom is 0.225 e. The van der Waals surface area contributed by atoms with Crippen LogP contribution in [0.15, 0.2) is 28.7 Å². The van der Waals surface area contributed by atoms with Gasteiger partial charge in [-0.3, -0.25) is 4.79 Å². The van der Waals surface area contributed by atoms with Gasteiger partial charge in [0, 0.05) is 11.0 Å². The number of carbonyl (C=O) groups is 1. The lowest BCUT2D eigenvalue weighted by molar-refractivity contribution is -0.127. The Hall–Kier alpha value is -0.870. The molecule has 2 N–H and O–H groups in total. The summed E-state index contributed by atoms with van der Waals surface area (Å²) in [7, 11) is 0. The Morgan fingerprint density at radius 2 is 2.26 bits per heavy atom. The lowest BCUT2D eigenvalue weighted by Gasteiger charge is -2.43. The fourth-order valence-electron chi connectivity index (χ4n) is 3.02. The molecule has 19 heavy (non-hydrogen) atoms. The van der Waals surface area contributed by atoms with Gasteiger partial charge in [-0.1, -0.05) is 28.1 Å². The Balaban J connectivity index is 1.77. The Bertz CT molecular complexity index is 479. The fraction of sp³-hybridized carbons (Fsp3) is 0.533. The molecule has 1 aliphatic carbocycles. The Morgan fingerprint density at radius 3 is 2.84 bits per heavy atom. The van der Waals surface area contributed by atoms with Gasteiger partial charge in [-0.05, 0) is 49.9 Å². The van der Waals surface area contributed by atoms with E-state index in [-0.39, 0.29) is 17.4 Å². The van der Waals surface area contributed by atoms with Crippen LogP contribution in [0.2, 0.25) is 0 Å². The van der Waals surface area contributed by atoms with Crippen molar-refractivity contribution < 1.29 is 4.79 Å². The third-order valence-corrected chi connectivity index (χ3v) is 4.87. The molecule has 3 rings (SSSR count). The second-order valence-corrected chi connectivity index (χ2v) is 6.54. The van der Waals surface area contributed by atoms with Crippen LogP contribution in [0.25, 0.3) is 0 Å². The zero-order chi connectivity index (χ0) is 13.3. The molecule has 2 fully saturated rings. The van der Waals surface area contributed by atoms with Gasteiger partial charge >= 0.3 is 0 Å². The van der Waals surface area contributed by atoms with E-state index < -0.39 is 0 Å². The first-order valence-electron chi connectivity index (χ1n) is 6.98. The summed E-state index contributed by atoms with van der Waals surface area (Å²) in [6, 6.07) is 8.32. The van der Waals surface area contributed by atoms with Gasteiger partial charge < -0.3 is 10.6 Å². The summed E-state index contributed by atoms with van der Waals surface area (Å²) in [5, 5.41) is 6.57. The van der Waals surface area contributed by atoms with Gasteiger partial charge in [-0.15, -0.1) is 0 Å². The Labute approximate surface area is 122 Å². The average Bonchev–Trinajstić information content (AvgIpc) is 2.87. The summed E-state index contributed by atoms with van der Waals surface area (Å²) in [5.41, 5.74) is 1.11. The molecular weight excluding hydrogens is 304 g/mol. The molecular formula is C15H19BrN2O. The highest BCUT2D eigenvalue weighted by Gasteiger charge is 2.41. The highest BCUT2D eigenvalue weighted by molar-refractivity contribution is 9.10. The first kappa shape index (κ1) is 13.1. The molecule has 0 spiro atoms. The molecule has 1 aliphatic heterocycles. The molecule has 2 aliphatic rings. The topological polar surface area (TPSA) is 41.1 Å². The van der Waals surface area contributed by atoms with E-state index in [1.807, 2.05) is 12.1 Å². The van der Waals surface area contributed by atoms with E-state index in [1.165, 1.54) is 12.0 Å². The van der Waals surface area contributed by atoms with E-state index in [2.05, 4.69) is 38.7 Å². The standard InChI is InChI=1S/C15H19BrN2O/c16-13-4-1-3-12(9-13)15(6-2-7-15)18-14(19)11-5-8-17-10-11/h1,3-4,9,11,17H,2,5-8,10H2,(H,18,19). The number of amides is 1. The predicted molar refractivity (Wildman–Crippen MR) is 78.8 cm³/mol. The van der Waals surface area contributed by atoms with Crippen LogP contribution in [0, 0.1) is 5.92 Å². The minimum Gasteiger partial charge on any atom is -0.346 e. The van der Waals surface area contributed by atoms with Crippen LogP contribution in [0.1, 0.15) is 31.2 Å². The lowest BCUT2D eigenvalue weighted by atomic mass is 9.71. The van der Waals surface area contributed by atoms with Gasteiger partial charge in [-0.25, -0.2) is 0 Å². The van der Waals surface area contributed by atoms with Crippen molar-refractivity contribution in [3.05, 3.63) is 34.3 Å². The molecule has 1 amide bonds. The van der Waals surface area contributed by atoms with Crippen molar-refractivity contribution >= 4 is 21.8 Å². The normalized spacial score (nSPS) is 24.8. The number of halogens is 1. The average molecular weight is 323 g/mol. The number of hydrogen-bond acceptors (Lipinski definition) is 2. The highest BCUT2D eigenvalue weighted by atomic mass is 79.9. The van der Waals surface area contributed by atoms with Gasteiger partial charge in [-0.2, -0.15) is 0 Å². The van der Waals surface area contributed by atoms with E-state index in [9.17, 15) is 4.79 Å². The quantitative estimate of drug-likeness (QED) is 0.898. The largest absolute Gasteiger partial charge is 0.346 e. The van der Waals surface area contributed by atoms with Gasteiger partial charge in [0.1, 0.15) is 0 Å². The number of carbonyl (C=O) groups excluding carboxylic acids is 1. The first-order chi connectivity index (χ1) is 9.20. The zero-order valence-electron chi connectivity index (χ0n) is 10.9. The minimum absolute atomic E-state index is 0.122. The van der Waals surface area contributed by atoms with Crippen molar-refractivity contribution in [2.24, 2.45) is 5.92 Å². The summed E-state index contributed by atoms with van der Waals surface area (Å²) in [6.45, 7) is 1.78. The van der Waals surface area contributed by atoms with E-state index >= 15 is 0 Å². The van der Waals surface area contributed by atoms with Crippen molar-refractivity contribution in [2.45, 2.75) is 31.2 Å². The van der Waals surface area contributed by atoms with Crippen LogP contribution in [-0.4, -0.2) is 19.0 Å². The maximum atomic E-state index is 12.3. The molecule has 1 saturated carbocycles. The molecule has 1 saturated heterocycles.